The van der Waals surface area contributed by atoms with Gasteiger partial charge in [0.15, 0.2) is 5.65 Å². The minimum absolute atomic E-state index is 0.0268. The first-order valence-electron chi connectivity index (χ1n) is 7.52. The van der Waals surface area contributed by atoms with E-state index in [1.54, 1.807) is 0 Å². The van der Waals surface area contributed by atoms with Crippen LogP contribution in [0.5, 0.6) is 0 Å². The maximum absolute atomic E-state index is 4.87. The van der Waals surface area contributed by atoms with Crippen LogP contribution in [-0.4, -0.2) is 33.0 Å². The highest BCUT2D eigenvalue weighted by atomic mass is 15.3. The molecule has 3 heterocycles. The minimum Gasteiger partial charge on any atom is -0.296 e. The summed E-state index contributed by atoms with van der Waals surface area (Å²) in [6, 6.07) is 4.04. The van der Waals surface area contributed by atoms with Crippen LogP contribution in [0.15, 0.2) is 18.3 Å². The van der Waals surface area contributed by atoms with Crippen molar-refractivity contribution in [3.63, 3.8) is 0 Å². The van der Waals surface area contributed by atoms with Gasteiger partial charge < -0.3 is 0 Å². The molecule has 0 saturated carbocycles. The van der Waals surface area contributed by atoms with Gasteiger partial charge in [0.1, 0.15) is 11.3 Å². The summed E-state index contributed by atoms with van der Waals surface area (Å²) in [5.74, 6) is 1.14. The summed E-state index contributed by atoms with van der Waals surface area (Å²) in [6.45, 7) is 7.84. The number of hydrogen-bond acceptors (Lipinski definition) is 3. The number of hydrogen-bond donors (Lipinski definition) is 0. The first kappa shape index (κ1) is 13.6. The Balaban J connectivity index is 2.20. The highest BCUT2D eigenvalue weighted by molar-refractivity contribution is 5.71. The normalized spacial score (nSPS) is 21.5. The van der Waals surface area contributed by atoms with Crippen molar-refractivity contribution in [1.82, 2.24) is 19.4 Å². The SMILES string of the molecule is CN1CCCCC1n1c(C(C)(C)C)nc2cccnc21. The Morgan fingerprint density at radius 2 is 2.05 bits per heavy atom. The molecule has 0 aliphatic carbocycles. The van der Waals surface area contributed by atoms with Crippen molar-refractivity contribution in [3.05, 3.63) is 24.2 Å². The van der Waals surface area contributed by atoms with Crippen LogP contribution < -0.4 is 0 Å². The second kappa shape index (κ2) is 4.85. The topological polar surface area (TPSA) is 34.0 Å². The van der Waals surface area contributed by atoms with Gasteiger partial charge in [-0.2, -0.15) is 0 Å². The molecule has 4 heteroatoms. The number of likely N-dealkylation sites (tertiary alicyclic amines) is 1. The summed E-state index contributed by atoms with van der Waals surface area (Å²) in [5, 5.41) is 0. The summed E-state index contributed by atoms with van der Waals surface area (Å²) >= 11 is 0. The van der Waals surface area contributed by atoms with Crippen LogP contribution >= 0.6 is 0 Å². The molecule has 20 heavy (non-hydrogen) atoms. The van der Waals surface area contributed by atoms with Gasteiger partial charge in [0.25, 0.3) is 0 Å². The Morgan fingerprint density at radius 1 is 1.25 bits per heavy atom. The Hall–Kier alpha value is -1.42. The summed E-state index contributed by atoms with van der Waals surface area (Å²) in [4.78, 5) is 11.9. The third-order valence-electron chi connectivity index (χ3n) is 4.15. The lowest BCUT2D eigenvalue weighted by Crippen LogP contribution is -2.36. The number of piperidine rings is 1. The third kappa shape index (κ3) is 2.22. The fraction of sp³-hybridized carbons (Fsp3) is 0.625. The summed E-state index contributed by atoms with van der Waals surface area (Å²) in [6.07, 6.45) is 6.01. The van der Waals surface area contributed by atoms with Crippen LogP contribution in [0, 0.1) is 0 Å². The molecule has 1 unspecified atom stereocenters. The van der Waals surface area contributed by atoms with E-state index in [2.05, 4.69) is 48.3 Å². The van der Waals surface area contributed by atoms with Gasteiger partial charge >= 0.3 is 0 Å². The van der Waals surface area contributed by atoms with Crippen LogP contribution in [0.2, 0.25) is 0 Å². The van der Waals surface area contributed by atoms with E-state index in [0.717, 1.165) is 23.5 Å². The van der Waals surface area contributed by atoms with Crippen molar-refractivity contribution in [3.8, 4) is 0 Å². The maximum Gasteiger partial charge on any atom is 0.161 e. The maximum atomic E-state index is 4.87. The summed E-state index contributed by atoms with van der Waals surface area (Å²) < 4.78 is 2.37. The van der Waals surface area contributed by atoms with E-state index in [9.17, 15) is 0 Å². The van der Waals surface area contributed by atoms with Gasteiger partial charge in [-0.1, -0.05) is 20.8 Å². The Labute approximate surface area is 120 Å². The van der Waals surface area contributed by atoms with Crippen LogP contribution in [0.3, 0.4) is 0 Å². The van der Waals surface area contributed by atoms with Crippen molar-refractivity contribution in [2.24, 2.45) is 0 Å². The smallest absolute Gasteiger partial charge is 0.161 e. The monoisotopic (exact) mass is 272 g/mol. The highest BCUT2D eigenvalue weighted by Crippen LogP contribution is 2.33. The zero-order valence-electron chi connectivity index (χ0n) is 12.9. The molecule has 2 aromatic rings. The molecule has 1 atom stereocenters. The Morgan fingerprint density at radius 3 is 2.75 bits per heavy atom. The lowest BCUT2D eigenvalue weighted by atomic mass is 9.95. The number of aromatic nitrogens is 3. The van der Waals surface area contributed by atoms with Gasteiger partial charge in [-0.3, -0.25) is 9.47 Å². The molecule has 0 bridgehead atoms. The molecule has 2 aromatic heterocycles. The first-order chi connectivity index (χ1) is 9.48. The van der Waals surface area contributed by atoms with Crippen LogP contribution in [0.1, 0.15) is 52.0 Å². The van der Waals surface area contributed by atoms with Crippen molar-refractivity contribution in [2.75, 3.05) is 13.6 Å². The van der Waals surface area contributed by atoms with Crippen molar-refractivity contribution in [1.29, 1.82) is 0 Å². The van der Waals surface area contributed by atoms with E-state index in [1.165, 1.54) is 19.3 Å². The van der Waals surface area contributed by atoms with Gasteiger partial charge in [-0.25, -0.2) is 9.97 Å². The van der Waals surface area contributed by atoms with Crippen LogP contribution in [0.4, 0.5) is 0 Å². The molecule has 0 amide bonds. The molecule has 1 fully saturated rings. The van der Waals surface area contributed by atoms with Crippen LogP contribution in [0.25, 0.3) is 11.2 Å². The fourth-order valence-corrected chi connectivity index (χ4v) is 3.12. The zero-order chi connectivity index (χ0) is 14.3. The standard InChI is InChI=1S/C16H24N4/c1-16(2,3)15-18-12-8-7-10-17-14(12)20(15)13-9-5-6-11-19(13)4/h7-8,10,13H,5-6,9,11H2,1-4H3. The predicted octanol–water partition coefficient (Wildman–Crippen LogP) is 3.34. The number of rotatable bonds is 1. The molecule has 1 aliphatic heterocycles. The van der Waals surface area contributed by atoms with Gasteiger partial charge in [-0.05, 0) is 45.0 Å². The lowest BCUT2D eigenvalue weighted by molar-refractivity contribution is 0.124. The average Bonchev–Trinajstić information content (AvgIpc) is 2.79. The fourth-order valence-electron chi connectivity index (χ4n) is 3.12. The molecule has 108 valence electrons. The Kier molecular flexibility index (Phi) is 3.28. The number of nitrogens with zero attached hydrogens (tertiary/aromatic N) is 4. The van der Waals surface area contributed by atoms with E-state index in [-0.39, 0.29) is 5.41 Å². The number of pyridine rings is 1. The highest BCUT2D eigenvalue weighted by Gasteiger charge is 2.30. The third-order valence-corrected chi connectivity index (χ3v) is 4.15. The molecular formula is C16H24N4. The largest absolute Gasteiger partial charge is 0.296 e. The van der Waals surface area contributed by atoms with E-state index in [0.29, 0.717) is 6.17 Å². The van der Waals surface area contributed by atoms with Crippen molar-refractivity contribution < 1.29 is 0 Å². The van der Waals surface area contributed by atoms with Gasteiger partial charge in [0, 0.05) is 11.6 Å². The average molecular weight is 272 g/mol. The first-order valence-corrected chi connectivity index (χ1v) is 7.52. The quantitative estimate of drug-likeness (QED) is 0.798. The van der Waals surface area contributed by atoms with Gasteiger partial charge in [-0.15, -0.1) is 0 Å². The van der Waals surface area contributed by atoms with E-state index in [4.69, 9.17) is 4.98 Å². The van der Waals surface area contributed by atoms with Gasteiger partial charge in [0.2, 0.25) is 0 Å². The second-order valence-corrected chi connectivity index (χ2v) is 6.86. The second-order valence-electron chi connectivity index (χ2n) is 6.86. The summed E-state index contributed by atoms with van der Waals surface area (Å²) in [7, 11) is 2.21. The van der Waals surface area contributed by atoms with Crippen molar-refractivity contribution in [2.45, 2.75) is 51.6 Å². The van der Waals surface area contributed by atoms with Crippen LogP contribution in [-0.2, 0) is 5.41 Å². The number of imidazole rings is 1. The van der Waals surface area contributed by atoms with E-state index in [1.807, 2.05) is 12.3 Å². The molecule has 0 radical (unpaired) electrons. The predicted molar refractivity (Wildman–Crippen MR) is 81.7 cm³/mol. The van der Waals surface area contributed by atoms with Crippen molar-refractivity contribution >= 4 is 11.2 Å². The molecule has 1 saturated heterocycles. The lowest BCUT2D eigenvalue weighted by Gasteiger charge is -2.36. The molecule has 0 spiro atoms. The molecule has 0 aromatic carbocycles. The zero-order valence-corrected chi connectivity index (χ0v) is 12.9. The molecule has 4 nitrogen and oxygen atoms in total. The minimum atomic E-state index is 0.0268. The van der Waals surface area contributed by atoms with E-state index < -0.39 is 0 Å². The number of fused-ring (bicyclic) bond motifs is 1. The van der Waals surface area contributed by atoms with Gasteiger partial charge in [0.05, 0.1) is 6.17 Å². The van der Waals surface area contributed by atoms with E-state index >= 15 is 0 Å². The molecular weight excluding hydrogens is 248 g/mol. The molecule has 1 aliphatic rings. The summed E-state index contributed by atoms with van der Waals surface area (Å²) in [5.41, 5.74) is 2.06. The Bertz CT molecular complexity index is 608. The molecule has 0 N–H and O–H groups in total. The molecule has 3 rings (SSSR count).